The van der Waals surface area contributed by atoms with Crippen LogP contribution >= 0.6 is 11.8 Å². The maximum Gasteiger partial charge on any atom is 0.338 e. The van der Waals surface area contributed by atoms with Gasteiger partial charge in [-0.2, -0.15) is 0 Å². The lowest BCUT2D eigenvalue weighted by Crippen LogP contribution is -2.19. The lowest BCUT2D eigenvalue weighted by atomic mass is 10.2. The van der Waals surface area contributed by atoms with Crippen LogP contribution in [-0.4, -0.2) is 33.8 Å². The number of imidazole rings is 1. The van der Waals surface area contributed by atoms with Gasteiger partial charge < -0.3 is 14.6 Å². The Labute approximate surface area is 154 Å². The van der Waals surface area contributed by atoms with E-state index in [9.17, 15) is 9.59 Å². The first-order chi connectivity index (χ1) is 12.6. The molecule has 1 aliphatic heterocycles. The standard InChI is InChI=1S/C19H17N3O3S/c1-12-20-14-4-2-3-5-16(14)22(12)8-9-25-19(24)13-6-7-17-15(10-13)21-18(23)11-26-17/h2-7,10H,8-9,11H2,1H3,(H,21,23). The molecule has 0 saturated heterocycles. The predicted octanol–water partition coefficient (Wildman–Crippen LogP) is 3.25. The van der Waals surface area contributed by atoms with E-state index >= 15 is 0 Å². The summed E-state index contributed by atoms with van der Waals surface area (Å²) in [5.74, 6) is 0.820. The van der Waals surface area contributed by atoms with Gasteiger partial charge in [-0.25, -0.2) is 9.78 Å². The largest absolute Gasteiger partial charge is 0.460 e. The highest BCUT2D eigenvalue weighted by atomic mass is 32.2. The number of nitrogens with one attached hydrogen (secondary N) is 1. The Bertz CT molecular complexity index is 1010. The molecular weight excluding hydrogens is 350 g/mol. The van der Waals surface area contributed by atoms with Crippen molar-refractivity contribution in [2.24, 2.45) is 0 Å². The van der Waals surface area contributed by atoms with E-state index in [4.69, 9.17) is 4.74 Å². The van der Waals surface area contributed by atoms with Crippen molar-refractivity contribution in [2.45, 2.75) is 18.4 Å². The number of carbonyl (C=O) groups excluding carboxylic acids is 2. The number of amides is 1. The molecule has 2 aromatic carbocycles. The van der Waals surface area contributed by atoms with Gasteiger partial charge in [-0.05, 0) is 37.3 Å². The summed E-state index contributed by atoms with van der Waals surface area (Å²) in [6, 6.07) is 13.1. The summed E-state index contributed by atoms with van der Waals surface area (Å²) < 4.78 is 7.45. The summed E-state index contributed by atoms with van der Waals surface area (Å²) in [6.07, 6.45) is 0. The predicted molar refractivity (Wildman–Crippen MR) is 101 cm³/mol. The normalized spacial score (nSPS) is 13.3. The third-order valence-electron chi connectivity index (χ3n) is 4.24. The van der Waals surface area contributed by atoms with Gasteiger partial charge in [-0.3, -0.25) is 4.79 Å². The molecular formula is C19H17N3O3S. The monoisotopic (exact) mass is 367 g/mol. The molecule has 7 heteroatoms. The van der Waals surface area contributed by atoms with E-state index in [2.05, 4.69) is 10.3 Å². The van der Waals surface area contributed by atoms with Crippen molar-refractivity contribution < 1.29 is 14.3 Å². The van der Waals surface area contributed by atoms with E-state index < -0.39 is 5.97 Å². The number of ether oxygens (including phenoxy) is 1. The number of aryl methyl sites for hydroxylation is 1. The zero-order chi connectivity index (χ0) is 18.1. The Morgan fingerprint density at radius 2 is 2.15 bits per heavy atom. The molecule has 4 rings (SSSR count). The second-order valence-corrected chi connectivity index (χ2v) is 7.00. The molecule has 0 saturated carbocycles. The van der Waals surface area contributed by atoms with E-state index in [0.717, 1.165) is 21.8 Å². The van der Waals surface area contributed by atoms with Gasteiger partial charge in [0.2, 0.25) is 5.91 Å². The van der Waals surface area contributed by atoms with Gasteiger partial charge in [0.1, 0.15) is 12.4 Å². The van der Waals surface area contributed by atoms with Crippen LogP contribution in [0.1, 0.15) is 16.2 Å². The summed E-state index contributed by atoms with van der Waals surface area (Å²) in [4.78, 5) is 29.3. The molecule has 0 spiro atoms. The summed E-state index contributed by atoms with van der Waals surface area (Å²) in [7, 11) is 0. The van der Waals surface area contributed by atoms with Crippen molar-refractivity contribution in [1.29, 1.82) is 0 Å². The molecule has 3 aromatic rings. The third-order valence-corrected chi connectivity index (χ3v) is 5.32. The number of anilines is 1. The van der Waals surface area contributed by atoms with Crippen LogP contribution in [0.2, 0.25) is 0 Å². The highest BCUT2D eigenvalue weighted by molar-refractivity contribution is 8.00. The first kappa shape index (κ1) is 16.7. The Morgan fingerprint density at radius 1 is 1.31 bits per heavy atom. The van der Waals surface area contributed by atoms with Crippen molar-refractivity contribution in [1.82, 2.24) is 9.55 Å². The molecule has 2 heterocycles. The number of para-hydroxylation sites is 2. The molecule has 0 fully saturated rings. The molecule has 0 aliphatic carbocycles. The Hall–Kier alpha value is -2.80. The highest BCUT2D eigenvalue weighted by Crippen LogP contribution is 2.32. The fourth-order valence-corrected chi connectivity index (χ4v) is 3.79. The van der Waals surface area contributed by atoms with E-state index in [0.29, 0.717) is 23.5 Å². The summed E-state index contributed by atoms with van der Waals surface area (Å²) >= 11 is 1.46. The van der Waals surface area contributed by atoms with Crippen LogP contribution < -0.4 is 5.32 Å². The van der Waals surface area contributed by atoms with Crippen LogP contribution in [0.3, 0.4) is 0 Å². The van der Waals surface area contributed by atoms with E-state index in [1.807, 2.05) is 41.8 Å². The number of benzene rings is 2. The van der Waals surface area contributed by atoms with E-state index in [1.54, 1.807) is 12.1 Å². The number of rotatable bonds is 4. The number of nitrogens with zero attached hydrogens (tertiary/aromatic N) is 2. The van der Waals surface area contributed by atoms with Gasteiger partial charge >= 0.3 is 5.97 Å². The van der Waals surface area contributed by atoms with Crippen LogP contribution in [0.25, 0.3) is 11.0 Å². The van der Waals surface area contributed by atoms with E-state index in [-0.39, 0.29) is 12.5 Å². The van der Waals surface area contributed by atoms with Gasteiger partial charge in [-0.1, -0.05) is 12.1 Å². The Balaban J connectivity index is 1.43. The molecule has 1 amide bonds. The maximum absolute atomic E-state index is 12.3. The number of fused-ring (bicyclic) bond motifs is 2. The number of thioether (sulfide) groups is 1. The van der Waals surface area contributed by atoms with Crippen molar-refractivity contribution in [3.05, 3.63) is 53.9 Å². The molecule has 6 nitrogen and oxygen atoms in total. The van der Waals surface area contributed by atoms with Gasteiger partial charge in [0.25, 0.3) is 0 Å². The molecule has 1 aliphatic rings. The molecule has 26 heavy (non-hydrogen) atoms. The zero-order valence-corrected chi connectivity index (χ0v) is 15.0. The number of esters is 1. The van der Waals surface area contributed by atoms with Crippen LogP contribution in [-0.2, 0) is 16.1 Å². The number of hydrogen-bond acceptors (Lipinski definition) is 5. The van der Waals surface area contributed by atoms with Gasteiger partial charge in [0, 0.05) is 4.90 Å². The van der Waals surface area contributed by atoms with Crippen molar-refractivity contribution >= 4 is 40.4 Å². The molecule has 132 valence electrons. The van der Waals surface area contributed by atoms with Crippen molar-refractivity contribution in [2.75, 3.05) is 17.7 Å². The quantitative estimate of drug-likeness (QED) is 0.717. The molecule has 0 unspecified atom stereocenters. The van der Waals surface area contributed by atoms with E-state index in [1.165, 1.54) is 11.8 Å². The minimum atomic E-state index is -0.403. The average molecular weight is 367 g/mol. The van der Waals surface area contributed by atoms with Crippen LogP contribution in [0.4, 0.5) is 5.69 Å². The highest BCUT2D eigenvalue weighted by Gasteiger charge is 2.18. The zero-order valence-electron chi connectivity index (χ0n) is 14.2. The minimum absolute atomic E-state index is 0.0597. The second-order valence-electron chi connectivity index (χ2n) is 5.98. The molecule has 0 bridgehead atoms. The van der Waals surface area contributed by atoms with Crippen molar-refractivity contribution in [3.63, 3.8) is 0 Å². The smallest absolute Gasteiger partial charge is 0.338 e. The lowest BCUT2D eigenvalue weighted by molar-refractivity contribution is -0.113. The second kappa shape index (κ2) is 6.84. The fraction of sp³-hybridized carbons (Fsp3) is 0.211. The summed E-state index contributed by atoms with van der Waals surface area (Å²) in [6.45, 7) is 2.72. The Morgan fingerprint density at radius 3 is 3.04 bits per heavy atom. The average Bonchev–Trinajstić information content (AvgIpc) is 2.96. The van der Waals surface area contributed by atoms with Gasteiger partial charge in [-0.15, -0.1) is 11.8 Å². The molecule has 1 N–H and O–H groups in total. The molecule has 0 atom stereocenters. The number of carbonyl (C=O) groups is 2. The lowest BCUT2D eigenvalue weighted by Gasteiger charge is -2.16. The third kappa shape index (κ3) is 3.17. The maximum atomic E-state index is 12.3. The van der Waals surface area contributed by atoms with Gasteiger partial charge in [0.15, 0.2) is 0 Å². The fourth-order valence-electron chi connectivity index (χ4n) is 3.00. The van der Waals surface area contributed by atoms with Gasteiger partial charge in [0.05, 0.1) is 34.6 Å². The SMILES string of the molecule is Cc1nc2ccccc2n1CCOC(=O)c1ccc2c(c1)NC(=O)CS2. The summed E-state index contributed by atoms with van der Waals surface area (Å²) in [5.41, 5.74) is 3.05. The summed E-state index contributed by atoms with van der Waals surface area (Å²) in [5, 5.41) is 2.78. The van der Waals surface area contributed by atoms with Crippen LogP contribution in [0.5, 0.6) is 0 Å². The van der Waals surface area contributed by atoms with Crippen LogP contribution in [0.15, 0.2) is 47.4 Å². The Kier molecular flexibility index (Phi) is 4.38. The first-order valence-electron chi connectivity index (χ1n) is 8.27. The van der Waals surface area contributed by atoms with Crippen LogP contribution in [0, 0.1) is 6.92 Å². The minimum Gasteiger partial charge on any atom is -0.460 e. The topological polar surface area (TPSA) is 73.2 Å². The number of hydrogen-bond donors (Lipinski definition) is 1. The first-order valence-corrected chi connectivity index (χ1v) is 9.26. The molecule has 0 radical (unpaired) electrons. The number of aromatic nitrogens is 2. The molecule has 1 aromatic heterocycles. The van der Waals surface area contributed by atoms with Crippen molar-refractivity contribution in [3.8, 4) is 0 Å².